The highest BCUT2D eigenvalue weighted by Gasteiger charge is 2.58. The van der Waals surface area contributed by atoms with E-state index in [1.165, 1.54) is 11.0 Å². The first-order valence-corrected chi connectivity index (χ1v) is 10.0. The Morgan fingerprint density at radius 1 is 1.19 bits per heavy atom. The Balaban J connectivity index is 1.74. The summed E-state index contributed by atoms with van der Waals surface area (Å²) in [5.41, 5.74) is -1.27. The number of nitriles is 1. The molecular weight excluding hydrogens is 443 g/mol. The number of carbonyl (C=O) groups is 2. The van der Waals surface area contributed by atoms with E-state index in [-0.39, 0.29) is 29.5 Å². The molecule has 1 N–H and O–H groups in total. The lowest BCUT2D eigenvalue weighted by Gasteiger charge is -2.43. The molecule has 32 heavy (non-hydrogen) atoms. The molecule has 2 fully saturated rings. The molecule has 10 heteroatoms. The van der Waals surface area contributed by atoms with E-state index in [2.05, 4.69) is 0 Å². The zero-order valence-electron chi connectivity index (χ0n) is 16.5. The molecule has 1 unspecified atom stereocenters. The van der Waals surface area contributed by atoms with Crippen LogP contribution in [0.3, 0.4) is 0 Å². The van der Waals surface area contributed by atoms with E-state index in [0.29, 0.717) is 24.1 Å². The number of ketones is 1. The lowest BCUT2D eigenvalue weighted by atomic mass is 9.74. The van der Waals surface area contributed by atoms with Gasteiger partial charge in [0.2, 0.25) is 0 Å². The van der Waals surface area contributed by atoms with Crippen LogP contribution < -0.4 is 9.80 Å². The van der Waals surface area contributed by atoms with E-state index < -0.39 is 28.8 Å². The summed E-state index contributed by atoms with van der Waals surface area (Å²) in [5.74, 6) is -1.05. The zero-order valence-corrected chi connectivity index (χ0v) is 17.3. The maximum Gasteiger partial charge on any atom is 0.417 e. The highest BCUT2D eigenvalue weighted by Crippen LogP contribution is 2.45. The minimum absolute atomic E-state index is 0.0679. The Kier molecular flexibility index (Phi) is 5.17. The van der Waals surface area contributed by atoms with Gasteiger partial charge in [-0.1, -0.05) is 12.1 Å². The summed E-state index contributed by atoms with van der Waals surface area (Å²) in [6.07, 6.45) is -4.05. The van der Waals surface area contributed by atoms with Crippen molar-refractivity contribution in [1.82, 2.24) is 0 Å². The number of carboxylic acid groups (broad SMARTS) is 1. The van der Waals surface area contributed by atoms with Gasteiger partial charge < -0.3 is 14.9 Å². The maximum atomic E-state index is 13.5. The van der Waals surface area contributed by atoms with Crippen LogP contribution in [0.2, 0.25) is 0 Å². The van der Waals surface area contributed by atoms with Gasteiger partial charge in [-0.15, -0.1) is 0 Å². The van der Waals surface area contributed by atoms with Crippen LogP contribution >= 0.6 is 12.2 Å². The Hall–Kier alpha value is -3.45. The molecule has 2 aromatic rings. The average Bonchev–Trinajstić information content (AvgIpc) is 3.07. The Morgan fingerprint density at radius 2 is 1.84 bits per heavy atom. The molecule has 1 aliphatic carbocycles. The number of carboxylic acids is 1. The van der Waals surface area contributed by atoms with Crippen molar-refractivity contribution in [1.29, 1.82) is 5.26 Å². The van der Waals surface area contributed by atoms with E-state index in [4.69, 9.17) is 22.6 Å². The van der Waals surface area contributed by atoms with Crippen molar-refractivity contribution < 1.29 is 27.9 Å². The number of nitrogens with zero attached hydrogens (tertiary/aromatic N) is 3. The molecule has 4 rings (SSSR count). The first-order valence-electron chi connectivity index (χ1n) is 9.64. The predicted octanol–water partition coefficient (Wildman–Crippen LogP) is 3.92. The quantitative estimate of drug-likeness (QED) is 0.694. The first-order chi connectivity index (χ1) is 15.1. The Bertz CT molecular complexity index is 1170. The van der Waals surface area contributed by atoms with Crippen LogP contribution in [-0.4, -0.2) is 34.1 Å². The van der Waals surface area contributed by atoms with Crippen molar-refractivity contribution in [3.8, 4) is 6.07 Å². The van der Waals surface area contributed by atoms with Crippen LogP contribution in [0.25, 0.3) is 0 Å². The van der Waals surface area contributed by atoms with Gasteiger partial charge in [-0.2, -0.15) is 18.4 Å². The standard InChI is InChI=1S/C22H16F3N3O3S/c23-22(24,25)17-10-16(6-3-14(17)11-26)27-12-21(8-7-18(21)29)28(20(27)32)15-4-1-13(2-5-15)9-19(30)31/h1-6,10H,7-9,12H2,(H,30,31). The molecule has 164 valence electrons. The van der Waals surface area contributed by atoms with Gasteiger partial charge in [-0.25, -0.2) is 0 Å². The summed E-state index contributed by atoms with van der Waals surface area (Å²) in [5, 5.41) is 18.2. The number of carbonyl (C=O) groups excluding carboxylic acids is 1. The second-order valence-corrected chi connectivity index (χ2v) is 8.10. The average molecular weight is 459 g/mol. The number of anilines is 2. The summed E-state index contributed by atoms with van der Waals surface area (Å²) in [7, 11) is 0. The first kappa shape index (κ1) is 21.8. The topological polar surface area (TPSA) is 84.6 Å². The van der Waals surface area contributed by atoms with E-state index >= 15 is 0 Å². The fraction of sp³-hybridized carbons (Fsp3) is 0.273. The normalized spacial score (nSPS) is 20.4. The molecule has 2 aromatic carbocycles. The third-order valence-electron chi connectivity index (χ3n) is 5.85. The number of hydrogen-bond donors (Lipinski definition) is 1. The molecule has 6 nitrogen and oxygen atoms in total. The van der Waals surface area contributed by atoms with Crippen LogP contribution in [-0.2, 0) is 22.2 Å². The minimum atomic E-state index is -4.72. The van der Waals surface area contributed by atoms with Gasteiger partial charge in [-0.05, 0) is 54.5 Å². The number of thiocarbonyl (C=S) groups is 1. The molecule has 0 amide bonds. The van der Waals surface area contributed by atoms with Crippen molar-refractivity contribution in [3.63, 3.8) is 0 Å². The lowest BCUT2D eigenvalue weighted by molar-refractivity contribution is -0.138. The summed E-state index contributed by atoms with van der Waals surface area (Å²) in [6.45, 7) is 0.0880. The number of halogens is 3. The molecule has 2 aliphatic rings. The molecule has 1 saturated carbocycles. The third-order valence-corrected chi connectivity index (χ3v) is 6.25. The van der Waals surface area contributed by atoms with Crippen molar-refractivity contribution in [3.05, 3.63) is 59.2 Å². The highest BCUT2D eigenvalue weighted by molar-refractivity contribution is 7.80. The number of rotatable bonds is 4. The Morgan fingerprint density at radius 3 is 2.34 bits per heavy atom. The number of aliphatic carboxylic acids is 1. The van der Waals surface area contributed by atoms with Crippen LogP contribution in [0.5, 0.6) is 0 Å². The van der Waals surface area contributed by atoms with E-state index in [1.54, 1.807) is 35.2 Å². The van der Waals surface area contributed by atoms with Crippen molar-refractivity contribution in [2.24, 2.45) is 0 Å². The molecule has 1 spiro atoms. The molecule has 1 aliphatic heterocycles. The van der Waals surface area contributed by atoms with E-state index in [9.17, 15) is 22.8 Å². The molecule has 0 bridgehead atoms. The summed E-state index contributed by atoms with van der Waals surface area (Å²) in [6, 6.07) is 11.5. The lowest BCUT2D eigenvalue weighted by Crippen LogP contribution is -2.60. The van der Waals surface area contributed by atoms with Gasteiger partial charge in [0.25, 0.3) is 0 Å². The summed E-state index contributed by atoms with van der Waals surface area (Å²) in [4.78, 5) is 26.7. The minimum Gasteiger partial charge on any atom is -0.481 e. The van der Waals surface area contributed by atoms with Crippen molar-refractivity contribution in [2.45, 2.75) is 31.0 Å². The predicted molar refractivity (Wildman–Crippen MR) is 113 cm³/mol. The van der Waals surface area contributed by atoms with Gasteiger partial charge in [0, 0.05) is 17.8 Å². The number of benzene rings is 2. The summed E-state index contributed by atoms with van der Waals surface area (Å²) < 4.78 is 40.4. The van der Waals surface area contributed by atoms with Gasteiger partial charge in [0.15, 0.2) is 10.9 Å². The largest absolute Gasteiger partial charge is 0.481 e. The van der Waals surface area contributed by atoms with Gasteiger partial charge in [-0.3, -0.25) is 9.59 Å². The fourth-order valence-electron chi connectivity index (χ4n) is 4.15. The van der Waals surface area contributed by atoms with Crippen LogP contribution in [0.1, 0.15) is 29.5 Å². The smallest absolute Gasteiger partial charge is 0.417 e. The third kappa shape index (κ3) is 3.48. The second-order valence-electron chi connectivity index (χ2n) is 7.74. The van der Waals surface area contributed by atoms with Crippen LogP contribution in [0.15, 0.2) is 42.5 Å². The molecule has 1 atom stereocenters. The molecular formula is C22H16F3N3O3S. The van der Waals surface area contributed by atoms with Crippen LogP contribution in [0, 0.1) is 11.3 Å². The molecule has 1 saturated heterocycles. The SMILES string of the molecule is N#Cc1ccc(N2CC3(CCC3=O)N(c3ccc(CC(=O)O)cc3)C2=S)cc1C(F)(F)F. The monoisotopic (exact) mass is 459 g/mol. The van der Waals surface area contributed by atoms with Gasteiger partial charge in [0.1, 0.15) is 5.54 Å². The van der Waals surface area contributed by atoms with E-state index in [1.807, 2.05) is 0 Å². The maximum absolute atomic E-state index is 13.5. The number of hydrogen-bond acceptors (Lipinski definition) is 4. The number of alkyl halides is 3. The molecule has 0 radical (unpaired) electrons. The van der Waals surface area contributed by atoms with Gasteiger partial charge >= 0.3 is 12.1 Å². The highest BCUT2D eigenvalue weighted by atomic mass is 32.1. The zero-order chi connectivity index (χ0) is 23.3. The van der Waals surface area contributed by atoms with Gasteiger partial charge in [0.05, 0.1) is 30.2 Å². The molecule has 1 heterocycles. The second kappa shape index (κ2) is 7.60. The molecule has 0 aromatic heterocycles. The van der Waals surface area contributed by atoms with E-state index in [0.717, 1.165) is 12.1 Å². The number of Topliss-reactive ketones (excluding diaryl/α,β-unsaturated/α-hetero) is 1. The summed E-state index contributed by atoms with van der Waals surface area (Å²) >= 11 is 5.59. The Labute approximate surface area is 186 Å². The van der Waals surface area contributed by atoms with Crippen molar-refractivity contribution in [2.75, 3.05) is 16.3 Å². The van der Waals surface area contributed by atoms with Crippen LogP contribution in [0.4, 0.5) is 24.5 Å². The van der Waals surface area contributed by atoms with Crippen molar-refractivity contribution >= 4 is 40.5 Å². The fourth-order valence-corrected chi connectivity index (χ4v) is 4.60.